The number of hydrogen-bond acceptors (Lipinski definition) is 5. The molecule has 1 N–H and O–H groups in total. The summed E-state index contributed by atoms with van der Waals surface area (Å²) in [5.41, 5.74) is 6.04. The molecule has 2 heterocycles. The second-order valence-corrected chi connectivity index (χ2v) is 12.8. The molecule has 2 aromatic carbocycles. The number of anilines is 1. The van der Waals surface area contributed by atoms with Gasteiger partial charge in [-0.15, -0.1) is 0 Å². The van der Waals surface area contributed by atoms with Gasteiger partial charge in [-0.2, -0.15) is 13.2 Å². The number of rotatable bonds is 13. The van der Waals surface area contributed by atoms with Crippen molar-refractivity contribution < 1.29 is 22.8 Å². The highest BCUT2D eigenvalue weighted by atomic mass is 19.4. The lowest BCUT2D eigenvalue weighted by Gasteiger charge is -2.33. The number of nitrogens with one attached hydrogen (secondary N) is 1. The molecule has 1 saturated heterocycles. The zero-order valence-corrected chi connectivity index (χ0v) is 28.2. The molecule has 2 aromatic rings. The summed E-state index contributed by atoms with van der Waals surface area (Å²) in [5, 5.41) is 2.66. The topological polar surface area (TPSA) is 65.0 Å². The van der Waals surface area contributed by atoms with Crippen LogP contribution in [0.25, 0.3) is 0 Å². The van der Waals surface area contributed by atoms with Crippen LogP contribution in [-0.2, 0) is 23.9 Å². The molecule has 4 rings (SSSR count). The highest BCUT2D eigenvalue weighted by Crippen LogP contribution is 2.35. The highest BCUT2D eigenvalue weighted by Gasteiger charge is 2.34. The third-order valence-electron chi connectivity index (χ3n) is 8.83. The van der Waals surface area contributed by atoms with Gasteiger partial charge >= 0.3 is 6.18 Å². The zero-order chi connectivity index (χ0) is 35.0. The molecule has 0 atom stereocenters. The van der Waals surface area contributed by atoms with Gasteiger partial charge in [0.05, 0.1) is 11.3 Å². The largest absolute Gasteiger partial charge is 0.416 e. The number of ketones is 1. The van der Waals surface area contributed by atoms with Crippen molar-refractivity contribution in [1.82, 2.24) is 9.80 Å². The van der Waals surface area contributed by atoms with Crippen molar-refractivity contribution in [2.45, 2.75) is 58.7 Å². The number of piperazine rings is 1. The Balaban J connectivity index is 1.31. The maximum atomic E-state index is 14.0. The van der Waals surface area contributed by atoms with Crippen LogP contribution in [0.5, 0.6) is 0 Å². The third-order valence-corrected chi connectivity index (χ3v) is 8.83. The molecule has 0 unspecified atom stereocenters. The van der Waals surface area contributed by atoms with Crippen LogP contribution in [-0.4, -0.2) is 60.4 Å². The molecule has 1 fully saturated rings. The number of hydrogen-bond donors (Lipinski definition) is 1. The zero-order valence-electron chi connectivity index (χ0n) is 28.2. The molecule has 9 heteroatoms. The number of halogens is 3. The first-order valence-corrected chi connectivity index (χ1v) is 16.2. The lowest BCUT2D eigenvalue weighted by Crippen LogP contribution is -2.44. The minimum atomic E-state index is -4.53. The fourth-order valence-corrected chi connectivity index (χ4v) is 5.71. The number of alkyl halides is 3. The molecule has 0 aromatic heterocycles. The first-order valence-electron chi connectivity index (χ1n) is 16.2. The maximum absolute atomic E-state index is 14.0. The van der Waals surface area contributed by atoms with E-state index >= 15 is 0 Å². The van der Waals surface area contributed by atoms with E-state index in [0.717, 1.165) is 72.0 Å². The van der Waals surface area contributed by atoms with Gasteiger partial charge in [0.15, 0.2) is 5.78 Å². The fourth-order valence-electron chi connectivity index (χ4n) is 5.71. The van der Waals surface area contributed by atoms with Crippen LogP contribution >= 0.6 is 0 Å². The van der Waals surface area contributed by atoms with Crippen LogP contribution < -0.4 is 5.32 Å². The van der Waals surface area contributed by atoms with Gasteiger partial charge < -0.3 is 10.2 Å². The summed E-state index contributed by atoms with van der Waals surface area (Å²) in [5.74, 6) is -0.521. The molecule has 0 spiro atoms. The minimum absolute atomic E-state index is 0.0646. The van der Waals surface area contributed by atoms with Crippen LogP contribution in [0, 0.1) is 6.92 Å². The lowest BCUT2D eigenvalue weighted by atomic mass is 9.96. The SMILES string of the molecule is C=C(CCCc1ccc(C(=O)Nc2ccc(CN3CCN(C)CC3)c(C(F)(F)F)c2)cc1C)CC1=CN=C(CC(=C)C(C)=O)C(=C)C=C1. The van der Waals surface area contributed by atoms with Crippen molar-refractivity contribution in [3.05, 3.63) is 125 Å². The van der Waals surface area contributed by atoms with E-state index in [2.05, 4.69) is 34.9 Å². The Hall–Kier alpha value is -4.34. The number of nitrogens with zero attached hydrogens (tertiary/aromatic N) is 3. The van der Waals surface area contributed by atoms with E-state index in [9.17, 15) is 22.8 Å². The van der Waals surface area contributed by atoms with Crippen molar-refractivity contribution in [3.63, 3.8) is 0 Å². The van der Waals surface area contributed by atoms with Gasteiger partial charge in [-0.3, -0.25) is 19.5 Å². The number of aliphatic imine (C=N–C) groups is 1. The van der Waals surface area contributed by atoms with Gasteiger partial charge in [-0.05, 0) is 104 Å². The van der Waals surface area contributed by atoms with Crippen molar-refractivity contribution in [2.24, 2.45) is 4.99 Å². The normalized spacial score (nSPS) is 15.8. The van der Waals surface area contributed by atoms with E-state index in [1.54, 1.807) is 24.4 Å². The second-order valence-electron chi connectivity index (χ2n) is 12.8. The molecule has 0 radical (unpaired) electrons. The number of carbonyl (C=O) groups is 2. The molecule has 0 saturated carbocycles. The summed E-state index contributed by atoms with van der Waals surface area (Å²) in [4.78, 5) is 33.4. The maximum Gasteiger partial charge on any atom is 0.416 e. The van der Waals surface area contributed by atoms with Gasteiger partial charge in [0.25, 0.3) is 5.91 Å². The number of benzene rings is 2. The van der Waals surface area contributed by atoms with E-state index in [0.29, 0.717) is 37.1 Å². The van der Waals surface area contributed by atoms with Gasteiger partial charge in [-0.1, -0.05) is 49.6 Å². The van der Waals surface area contributed by atoms with E-state index in [-0.39, 0.29) is 23.6 Å². The van der Waals surface area contributed by atoms with Crippen LogP contribution in [0.1, 0.15) is 65.2 Å². The lowest BCUT2D eigenvalue weighted by molar-refractivity contribution is -0.138. The number of aryl methyl sites for hydroxylation is 2. The Kier molecular flexibility index (Phi) is 12.3. The summed E-state index contributed by atoms with van der Waals surface area (Å²) >= 11 is 0. The van der Waals surface area contributed by atoms with Gasteiger partial charge in [0.1, 0.15) is 0 Å². The number of likely N-dealkylation sites (N-methyl/N-ethyl adjacent to an activating group) is 1. The molecule has 6 nitrogen and oxygen atoms in total. The van der Waals surface area contributed by atoms with Crippen LogP contribution in [0.4, 0.5) is 18.9 Å². The predicted octanol–water partition coefficient (Wildman–Crippen LogP) is 8.27. The summed E-state index contributed by atoms with van der Waals surface area (Å²) in [6.45, 7) is 18.8. The Morgan fingerprint density at radius 2 is 1.69 bits per heavy atom. The standard InChI is InChI=1S/C39H45F3N4O2/c1-26(20-31-11-10-27(2)37(43-24-31)22-28(3)30(5)47)8-7-9-32-12-13-33(21-29(32)4)38(48)44-35-15-14-34(36(23-35)39(40,41)42)25-46-18-16-45(6)17-19-46/h10-15,21,23-24H,1-3,7-9,16-20,22,25H2,4-6H3,(H,44,48). The monoisotopic (exact) mass is 658 g/mol. The molecule has 2 aliphatic rings. The van der Waals surface area contributed by atoms with Crippen LogP contribution in [0.3, 0.4) is 0 Å². The molecule has 254 valence electrons. The molecule has 48 heavy (non-hydrogen) atoms. The van der Waals surface area contributed by atoms with Gasteiger partial charge in [0, 0.05) is 56.6 Å². The summed E-state index contributed by atoms with van der Waals surface area (Å²) in [6.07, 6.45) is 4.63. The third kappa shape index (κ3) is 10.3. The summed E-state index contributed by atoms with van der Waals surface area (Å²) < 4.78 is 42.0. The Morgan fingerprint density at radius 1 is 0.979 bits per heavy atom. The molecule has 1 amide bonds. The van der Waals surface area contributed by atoms with Crippen molar-refractivity contribution in [3.8, 4) is 0 Å². The molecular formula is C39H45F3N4O2. The van der Waals surface area contributed by atoms with Crippen molar-refractivity contribution in [2.75, 3.05) is 38.5 Å². The number of carbonyl (C=O) groups excluding carboxylic acids is 2. The van der Waals surface area contributed by atoms with Crippen LogP contribution in [0.15, 0.2) is 102 Å². The fraction of sp³-hybridized carbons (Fsp3) is 0.359. The van der Waals surface area contributed by atoms with Gasteiger partial charge in [-0.25, -0.2) is 0 Å². The molecule has 2 aliphatic heterocycles. The first kappa shape index (κ1) is 36.5. The van der Waals surface area contributed by atoms with Crippen LogP contribution in [0.2, 0.25) is 0 Å². The average molecular weight is 659 g/mol. The minimum Gasteiger partial charge on any atom is -0.322 e. The Morgan fingerprint density at radius 3 is 2.35 bits per heavy atom. The summed E-state index contributed by atoms with van der Waals surface area (Å²) in [6, 6.07) is 9.43. The van der Waals surface area contributed by atoms with Gasteiger partial charge in [0.2, 0.25) is 0 Å². The van der Waals surface area contributed by atoms with E-state index < -0.39 is 17.6 Å². The van der Waals surface area contributed by atoms with E-state index in [1.165, 1.54) is 13.0 Å². The van der Waals surface area contributed by atoms with Crippen molar-refractivity contribution in [1.29, 1.82) is 0 Å². The quantitative estimate of drug-likeness (QED) is 0.174. The van der Waals surface area contributed by atoms with Crippen molar-refractivity contribution >= 4 is 23.1 Å². The number of Topliss-reactive ketones (excluding diaryl/α,β-unsaturated/α-hetero) is 1. The summed E-state index contributed by atoms with van der Waals surface area (Å²) in [7, 11) is 2.00. The van der Waals surface area contributed by atoms with E-state index in [4.69, 9.17) is 0 Å². The molecular weight excluding hydrogens is 613 g/mol. The Bertz CT molecular complexity index is 1670. The Labute approximate surface area is 282 Å². The first-order chi connectivity index (χ1) is 22.7. The smallest absolute Gasteiger partial charge is 0.322 e. The highest BCUT2D eigenvalue weighted by molar-refractivity contribution is 6.08. The second kappa shape index (κ2) is 16.2. The number of amides is 1. The number of allylic oxidation sites excluding steroid dienone is 6. The molecule has 0 bridgehead atoms. The predicted molar refractivity (Wildman–Crippen MR) is 188 cm³/mol. The molecule has 0 aliphatic carbocycles. The average Bonchev–Trinajstić information content (AvgIpc) is 3.19. The van der Waals surface area contributed by atoms with E-state index in [1.807, 2.05) is 37.1 Å².